The highest BCUT2D eigenvalue weighted by Gasteiger charge is 2.11. The molecule has 0 fully saturated rings. The Bertz CT molecular complexity index is 908. The first kappa shape index (κ1) is 18.6. The Morgan fingerprint density at radius 1 is 1.15 bits per heavy atom. The summed E-state index contributed by atoms with van der Waals surface area (Å²) in [5.74, 6) is 1.46. The summed E-state index contributed by atoms with van der Waals surface area (Å²) in [6.07, 6.45) is 0. The molecule has 0 spiro atoms. The highest BCUT2D eigenvalue weighted by atomic mass is 35.5. The molecule has 0 radical (unpaired) electrons. The third-order valence-electron chi connectivity index (χ3n) is 3.82. The number of urea groups is 1. The minimum absolute atomic E-state index is 0.331. The minimum Gasteiger partial charge on any atom is -0.497 e. The molecule has 0 aliphatic carbocycles. The van der Waals surface area contributed by atoms with Crippen molar-refractivity contribution in [3.63, 3.8) is 0 Å². The van der Waals surface area contributed by atoms with Crippen molar-refractivity contribution in [3.05, 3.63) is 59.8 Å². The number of nitrogens with two attached hydrogens (primary N) is 1. The van der Waals surface area contributed by atoms with Crippen LogP contribution in [0.2, 0.25) is 5.15 Å². The topological polar surface area (TPSA) is 91.4 Å². The van der Waals surface area contributed by atoms with Crippen LogP contribution in [-0.4, -0.2) is 36.1 Å². The normalized spacial score (nSPS) is 10.4. The van der Waals surface area contributed by atoms with Gasteiger partial charge in [0.05, 0.1) is 25.0 Å². The van der Waals surface area contributed by atoms with Gasteiger partial charge < -0.3 is 20.5 Å². The first-order valence-corrected chi connectivity index (χ1v) is 8.61. The summed E-state index contributed by atoms with van der Waals surface area (Å²) in [5.41, 5.74) is 7.67. The van der Waals surface area contributed by atoms with Gasteiger partial charge in [0.15, 0.2) is 5.15 Å². The summed E-state index contributed by atoms with van der Waals surface area (Å²) < 4.78 is 12.5. The number of amides is 2. The van der Waals surface area contributed by atoms with Crippen molar-refractivity contribution in [3.8, 4) is 28.4 Å². The summed E-state index contributed by atoms with van der Waals surface area (Å²) in [4.78, 5) is 10.6. The third kappa shape index (κ3) is 4.71. The molecule has 0 bridgehead atoms. The number of primary amides is 1. The standard InChI is InChI=1S/C19H19ClN4O3/c1-26-15-8-4-14(5-9-15)24-17(12-18(20)23-24)13-2-6-16(7-3-13)27-11-10-22-19(21)25/h2-9,12H,10-11H2,1H3,(H3,21,22,25). The van der Waals surface area contributed by atoms with E-state index in [1.165, 1.54) is 0 Å². The second-order valence-electron chi connectivity index (χ2n) is 5.63. The number of rotatable bonds is 7. The van der Waals surface area contributed by atoms with E-state index in [0.29, 0.717) is 24.1 Å². The van der Waals surface area contributed by atoms with Crippen LogP contribution in [0.3, 0.4) is 0 Å². The molecule has 2 aromatic carbocycles. The Morgan fingerprint density at radius 2 is 1.81 bits per heavy atom. The zero-order chi connectivity index (χ0) is 19.2. The number of carbonyl (C=O) groups excluding carboxylic acids is 1. The van der Waals surface area contributed by atoms with Gasteiger partial charge in [-0.1, -0.05) is 11.6 Å². The van der Waals surface area contributed by atoms with E-state index in [-0.39, 0.29) is 0 Å². The lowest BCUT2D eigenvalue weighted by molar-refractivity contribution is 0.244. The second kappa shape index (κ2) is 8.46. The number of hydrogen-bond acceptors (Lipinski definition) is 4. The third-order valence-corrected chi connectivity index (χ3v) is 4.00. The average molecular weight is 387 g/mol. The van der Waals surface area contributed by atoms with E-state index in [2.05, 4.69) is 10.4 Å². The van der Waals surface area contributed by atoms with E-state index in [0.717, 1.165) is 22.7 Å². The molecule has 0 unspecified atom stereocenters. The van der Waals surface area contributed by atoms with E-state index in [4.69, 9.17) is 26.8 Å². The molecule has 0 aliphatic rings. The maximum Gasteiger partial charge on any atom is 0.312 e. The van der Waals surface area contributed by atoms with Gasteiger partial charge in [-0.15, -0.1) is 0 Å². The number of ether oxygens (including phenoxy) is 2. The smallest absolute Gasteiger partial charge is 0.312 e. The molecule has 2 amide bonds. The van der Waals surface area contributed by atoms with Crippen LogP contribution in [0, 0.1) is 0 Å². The Morgan fingerprint density at radius 3 is 2.44 bits per heavy atom. The van der Waals surface area contributed by atoms with Crippen molar-refractivity contribution < 1.29 is 14.3 Å². The van der Waals surface area contributed by atoms with Crippen LogP contribution in [0.1, 0.15) is 0 Å². The predicted molar refractivity (Wildman–Crippen MR) is 104 cm³/mol. The van der Waals surface area contributed by atoms with Gasteiger partial charge in [-0.05, 0) is 48.5 Å². The lowest BCUT2D eigenvalue weighted by Crippen LogP contribution is -2.32. The molecule has 1 aromatic heterocycles. The quantitative estimate of drug-likeness (QED) is 0.610. The van der Waals surface area contributed by atoms with E-state index in [9.17, 15) is 4.79 Å². The van der Waals surface area contributed by atoms with Crippen LogP contribution in [0.5, 0.6) is 11.5 Å². The summed E-state index contributed by atoms with van der Waals surface area (Å²) >= 11 is 6.14. The van der Waals surface area contributed by atoms with Crippen LogP contribution in [0.15, 0.2) is 54.6 Å². The number of hydrogen-bond donors (Lipinski definition) is 2. The maximum absolute atomic E-state index is 10.6. The molecule has 3 N–H and O–H groups in total. The van der Waals surface area contributed by atoms with E-state index >= 15 is 0 Å². The van der Waals surface area contributed by atoms with Crippen LogP contribution >= 0.6 is 11.6 Å². The maximum atomic E-state index is 10.6. The molecular formula is C19H19ClN4O3. The Hall–Kier alpha value is -3.19. The monoisotopic (exact) mass is 386 g/mol. The van der Waals surface area contributed by atoms with Crippen molar-refractivity contribution >= 4 is 17.6 Å². The fourth-order valence-electron chi connectivity index (χ4n) is 2.54. The summed E-state index contributed by atoms with van der Waals surface area (Å²) in [7, 11) is 1.62. The molecule has 3 rings (SSSR count). The molecule has 140 valence electrons. The average Bonchev–Trinajstić information content (AvgIpc) is 3.07. The van der Waals surface area contributed by atoms with Gasteiger partial charge >= 0.3 is 6.03 Å². The Labute approximate surface area is 161 Å². The lowest BCUT2D eigenvalue weighted by atomic mass is 10.1. The van der Waals surface area contributed by atoms with Gasteiger partial charge in [0.25, 0.3) is 0 Å². The van der Waals surface area contributed by atoms with Gasteiger partial charge in [-0.25, -0.2) is 9.48 Å². The van der Waals surface area contributed by atoms with Crippen LogP contribution in [0.4, 0.5) is 4.79 Å². The van der Waals surface area contributed by atoms with Crippen molar-refractivity contribution in [1.82, 2.24) is 15.1 Å². The van der Waals surface area contributed by atoms with Crippen LogP contribution < -0.4 is 20.5 Å². The first-order valence-electron chi connectivity index (χ1n) is 8.23. The summed E-state index contributed by atoms with van der Waals surface area (Å²) in [5, 5.41) is 7.24. The number of methoxy groups -OCH3 is 1. The van der Waals surface area contributed by atoms with Crippen molar-refractivity contribution in [1.29, 1.82) is 0 Å². The predicted octanol–water partition coefficient (Wildman–Crippen LogP) is 3.25. The zero-order valence-corrected chi connectivity index (χ0v) is 15.4. The minimum atomic E-state index is -0.572. The van der Waals surface area contributed by atoms with E-state index < -0.39 is 6.03 Å². The number of aromatic nitrogens is 2. The van der Waals surface area contributed by atoms with Gasteiger partial charge in [-0.3, -0.25) is 0 Å². The molecule has 0 atom stereocenters. The molecule has 7 nitrogen and oxygen atoms in total. The number of halogens is 1. The largest absolute Gasteiger partial charge is 0.497 e. The number of nitrogens with zero attached hydrogens (tertiary/aromatic N) is 2. The molecule has 8 heteroatoms. The van der Waals surface area contributed by atoms with Crippen LogP contribution in [0.25, 0.3) is 16.9 Å². The lowest BCUT2D eigenvalue weighted by Gasteiger charge is -2.10. The van der Waals surface area contributed by atoms with Crippen LogP contribution in [-0.2, 0) is 0 Å². The first-order chi connectivity index (χ1) is 13.1. The summed E-state index contributed by atoms with van der Waals surface area (Å²) in [6.45, 7) is 0.675. The fraction of sp³-hybridized carbons (Fsp3) is 0.158. The van der Waals surface area contributed by atoms with Crippen molar-refractivity contribution in [2.45, 2.75) is 0 Å². The SMILES string of the molecule is COc1ccc(-n2nc(Cl)cc2-c2ccc(OCCNC(N)=O)cc2)cc1. The number of carbonyl (C=O) groups is 1. The zero-order valence-electron chi connectivity index (χ0n) is 14.7. The molecule has 27 heavy (non-hydrogen) atoms. The highest BCUT2D eigenvalue weighted by molar-refractivity contribution is 6.29. The second-order valence-corrected chi connectivity index (χ2v) is 6.01. The fourth-order valence-corrected chi connectivity index (χ4v) is 2.72. The highest BCUT2D eigenvalue weighted by Crippen LogP contribution is 2.28. The Kier molecular flexibility index (Phi) is 5.83. The van der Waals surface area contributed by atoms with Gasteiger partial charge in [0.1, 0.15) is 18.1 Å². The van der Waals surface area contributed by atoms with Gasteiger partial charge in [-0.2, -0.15) is 5.10 Å². The molecular weight excluding hydrogens is 368 g/mol. The Balaban J connectivity index is 1.77. The molecule has 0 aliphatic heterocycles. The van der Waals surface area contributed by atoms with E-state index in [1.807, 2.05) is 48.5 Å². The molecule has 1 heterocycles. The van der Waals surface area contributed by atoms with Crippen molar-refractivity contribution in [2.24, 2.45) is 5.73 Å². The number of benzene rings is 2. The molecule has 3 aromatic rings. The number of nitrogens with one attached hydrogen (secondary N) is 1. The molecule has 0 saturated carbocycles. The van der Waals surface area contributed by atoms with Gasteiger partial charge in [0, 0.05) is 11.6 Å². The summed E-state index contributed by atoms with van der Waals surface area (Å²) in [6, 6.07) is 16.3. The van der Waals surface area contributed by atoms with E-state index in [1.54, 1.807) is 17.9 Å². The van der Waals surface area contributed by atoms with Crippen molar-refractivity contribution in [2.75, 3.05) is 20.3 Å². The molecule has 0 saturated heterocycles. The van der Waals surface area contributed by atoms with Gasteiger partial charge in [0.2, 0.25) is 0 Å².